The fourth-order valence-electron chi connectivity index (χ4n) is 1.03. The summed E-state index contributed by atoms with van der Waals surface area (Å²) in [4.78, 5) is 13.5. The molecule has 0 fully saturated rings. The highest BCUT2D eigenvalue weighted by Gasteiger charge is 2.17. The molecule has 0 aromatic heterocycles. The molecule has 0 aliphatic carbocycles. The molecule has 76 valence electrons. The fraction of sp³-hybridized carbons (Fsp3) is 0.700. The number of hydrogen-bond donors (Lipinski definition) is 0. The van der Waals surface area contributed by atoms with Crippen LogP contribution >= 0.6 is 11.8 Å². The largest absolute Gasteiger partial charge is 0.338 e. The number of carbonyl (C=O) groups is 1. The summed E-state index contributed by atoms with van der Waals surface area (Å²) in [6.07, 6.45) is 1.96. The van der Waals surface area contributed by atoms with Crippen LogP contribution in [-0.2, 0) is 4.79 Å². The van der Waals surface area contributed by atoms with E-state index in [0.29, 0.717) is 6.54 Å². The smallest absolute Gasteiger partial charge is 0.235 e. The van der Waals surface area contributed by atoms with Crippen molar-refractivity contribution in [2.45, 2.75) is 26.0 Å². The molecule has 0 aliphatic heterocycles. The van der Waals surface area contributed by atoms with Gasteiger partial charge in [-0.05, 0) is 27.0 Å². The average molecular weight is 201 g/mol. The van der Waals surface area contributed by atoms with Crippen molar-refractivity contribution in [1.82, 2.24) is 4.90 Å². The van der Waals surface area contributed by atoms with Gasteiger partial charge in [0.2, 0.25) is 5.91 Å². The van der Waals surface area contributed by atoms with Crippen LogP contribution in [0.15, 0.2) is 12.2 Å². The van der Waals surface area contributed by atoms with E-state index < -0.39 is 0 Å². The number of rotatable bonds is 5. The van der Waals surface area contributed by atoms with Crippen LogP contribution < -0.4 is 0 Å². The van der Waals surface area contributed by atoms with Gasteiger partial charge in [-0.2, -0.15) is 11.8 Å². The van der Waals surface area contributed by atoms with Crippen LogP contribution in [0.3, 0.4) is 0 Å². The van der Waals surface area contributed by atoms with Gasteiger partial charge in [0.1, 0.15) is 0 Å². The first kappa shape index (κ1) is 12.6. The summed E-state index contributed by atoms with van der Waals surface area (Å²) < 4.78 is 0. The van der Waals surface area contributed by atoms with Gasteiger partial charge in [0, 0.05) is 13.1 Å². The van der Waals surface area contributed by atoms with Crippen LogP contribution in [0.2, 0.25) is 0 Å². The van der Waals surface area contributed by atoms with Gasteiger partial charge < -0.3 is 4.90 Å². The van der Waals surface area contributed by atoms with Crippen LogP contribution in [0.4, 0.5) is 0 Å². The molecule has 0 bridgehead atoms. The van der Waals surface area contributed by atoms with Crippen LogP contribution in [0.5, 0.6) is 0 Å². The van der Waals surface area contributed by atoms with Crippen molar-refractivity contribution >= 4 is 17.7 Å². The summed E-state index contributed by atoms with van der Waals surface area (Å²) in [6, 6.07) is 0. The average Bonchev–Trinajstić information content (AvgIpc) is 2.11. The van der Waals surface area contributed by atoms with Gasteiger partial charge in [0.05, 0.1) is 5.25 Å². The lowest BCUT2D eigenvalue weighted by atomic mass is 10.3. The van der Waals surface area contributed by atoms with Crippen molar-refractivity contribution in [3.63, 3.8) is 0 Å². The highest BCUT2D eigenvalue weighted by atomic mass is 32.2. The van der Waals surface area contributed by atoms with Gasteiger partial charge in [0.25, 0.3) is 0 Å². The van der Waals surface area contributed by atoms with E-state index >= 15 is 0 Å². The Labute approximate surface area is 85.4 Å². The molecule has 0 aliphatic rings. The van der Waals surface area contributed by atoms with E-state index in [0.717, 1.165) is 12.1 Å². The Morgan fingerprint density at radius 1 is 1.62 bits per heavy atom. The monoisotopic (exact) mass is 201 g/mol. The van der Waals surface area contributed by atoms with E-state index in [1.165, 1.54) is 0 Å². The van der Waals surface area contributed by atoms with Gasteiger partial charge >= 0.3 is 0 Å². The third kappa shape index (κ3) is 4.36. The van der Waals surface area contributed by atoms with E-state index in [-0.39, 0.29) is 11.2 Å². The second-order valence-electron chi connectivity index (χ2n) is 3.19. The van der Waals surface area contributed by atoms with Gasteiger partial charge in [-0.25, -0.2) is 0 Å². The van der Waals surface area contributed by atoms with Crippen LogP contribution in [0, 0.1) is 0 Å². The van der Waals surface area contributed by atoms with Crippen LogP contribution in [0.1, 0.15) is 20.8 Å². The molecule has 0 aromatic carbocycles. The molecule has 0 saturated heterocycles. The van der Waals surface area contributed by atoms with Crippen LogP contribution in [-0.4, -0.2) is 35.4 Å². The zero-order valence-electron chi connectivity index (χ0n) is 8.96. The topological polar surface area (TPSA) is 20.3 Å². The zero-order chi connectivity index (χ0) is 10.4. The Bertz CT molecular complexity index is 191. The molecule has 3 heteroatoms. The fourth-order valence-corrected chi connectivity index (χ4v) is 1.38. The number of carbonyl (C=O) groups excluding carboxylic acids is 1. The lowest BCUT2D eigenvalue weighted by molar-refractivity contribution is -0.129. The Kier molecular flexibility index (Phi) is 5.88. The molecule has 0 rings (SSSR count). The summed E-state index contributed by atoms with van der Waals surface area (Å²) in [5.74, 6) is 0.206. The molecule has 1 unspecified atom stereocenters. The van der Waals surface area contributed by atoms with E-state index in [1.54, 1.807) is 11.8 Å². The van der Waals surface area contributed by atoms with E-state index in [2.05, 4.69) is 6.58 Å². The van der Waals surface area contributed by atoms with Gasteiger partial charge in [0.15, 0.2) is 0 Å². The van der Waals surface area contributed by atoms with Gasteiger partial charge in [-0.3, -0.25) is 4.79 Å². The maximum atomic E-state index is 11.7. The molecular weight excluding hydrogens is 182 g/mol. The van der Waals surface area contributed by atoms with Crippen molar-refractivity contribution in [2.24, 2.45) is 0 Å². The standard InChI is InChI=1S/C10H19NOS/c1-6-11(7-8(2)3)10(12)9(4)13-5/h9H,2,6-7H2,1,3-5H3. The SMILES string of the molecule is C=C(C)CN(CC)C(=O)C(C)SC. The number of hydrogen-bond acceptors (Lipinski definition) is 2. The minimum atomic E-state index is 0.0549. The summed E-state index contributed by atoms with van der Waals surface area (Å²) in [5.41, 5.74) is 1.03. The number of thioether (sulfide) groups is 1. The highest BCUT2D eigenvalue weighted by molar-refractivity contribution is 7.99. The molecule has 0 N–H and O–H groups in total. The van der Waals surface area contributed by atoms with Crippen molar-refractivity contribution in [3.05, 3.63) is 12.2 Å². The molecule has 0 saturated carbocycles. The molecule has 1 atom stereocenters. The second kappa shape index (κ2) is 6.08. The maximum absolute atomic E-state index is 11.7. The third-order valence-corrected chi connectivity index (χ3v) is 2.76. The molecule has 0 spiro atoms. The van der Waals surface area contributed by atoms with Gasteiger partial charge in [-0.15, -0.1) is 0 Å². The lowest BCUT2D eigenvalue weighted by Gasteiger charge is -2.23. The maximum Gasteiger partial charge on any atom is 0.235 e. The molecule has 0 heterocycles. The molecule has 0 aromatic rings. The Morgan fingerprint density at radius 2 is 2.15 bits per heavy atom. The van der Waals surface area contributed by atoms with Crippen molar-refractivity contribution < 1.29 is 4.79 Å². The molecule has 2 nitrogen and oxygen atoms in total. The molecular formula is C10H19NOS. The molecule has 13 heavy (non-hydrogen) atoms. The normalized spacial score (nSPS) is 12.3. The van der Waals surface area contributed by atoms with E-state index in [9.17, 15) is 4.79 Å². The van der Waals surface area contributed by atoms with Crippen molar-refractivity contribution in [1.29, 1.82) is 0 Å². The Morgan fingerprint density at radius 3 is 2.46 bits per heavy atom. The Hall–Kier alpha value is -0.440. The first-order valence-corrected chi connectivity index (χ1v) is 5.77. The molecule has 1 amide bonds. The first-order chi connectivity index (χ1) is 6.02. The first-order valence-electron chi connectivity index (χ1n) is 4.48. The van der Waals surface area contributed by atoms with E-state index in [4.69, 9.17) is 0 Å². The highest BCUT2D eigenvalue weighted by Crippen LogP contribution is 2.10. The third-order valence-electron chi connectivity index (χ3n) is 1.86. The zero-order valence-corrected chi connectivity index (χ0v) is 9.78. The summed E-state index contributed by atoms with van der Waals surface area (Å²) in [6.45, 7) is 11.1. The predicted octanol–water partition coefficient (Wildman–Crippen LogP) is 2.16. The summed E-state index contributed by atoms with van der Waals surface area (Å²) in [7, 11) is 0. The van der Waals surface area contributed by atoms with Crippen LogP contribution in [0.25, 0.3) is 0 Å². The predicted molar refractivity (Wildman–Crippen MR) is 60.0 cm³/mol. The van der Waals surface area contributed by atoms with Crippen molar-refractivity contribution in [3.8, 4) is 0 Å². The number of likely N-dealkylation sites (N-methyl/N-ethyl adjacent to an activating group) is 1. The summed E-state index contributed by atoms with van der Waals surface area (Å²) >= 11 is 1.58. The molecule has 0 radical (unpaired) electrons. The minimum Gasteiger partial charge on any atom is -0.338 e. The van der Waals surface area contributed by atoms with Gasteiger partial charge in [-0.1, -0.05) is 12.2 Å². The van der Waals surface area contributed by atoms with E-state index in [1.807, 2.05) is 31.9 Å². The summed E-state index contributed by atoms with van der Waals surface area (Å²) in [5, 5.41) is 0.0549. The van der Waals surface area contributed by atoms with Crippen molar-refractivity contribution in [2.75, 3.05) is 19.3 Å². The number of nitrogens with zero attached hydrogens (tertiary/aromatic N) is 1. The number of amides is 1. The second-order valence-corrected chi connectivity index (χ2v) is 4.37. The Balaban J connectivity index is 4.22. The lowest BCUT2D eigenvalue weighted by Crippen LogP contribution is -2.37. The minimum absolute atomic E-state index is 0.0549. The quantitative estimate of drug-likeness (QED) is 0.635.